The van der Waals surface area contributed by atoms with E-state index < -0.39 is 11.7 Å². The summed E-state index contributed by atoms with van der Waals surface area (Å²) >= 11 is 0. The molecule has 1 aliphatic heterocycles. The van der Waals surface area contributed by atoms with Gasteiger partial charge in [-0.1, -0.05) is 60.7 Å². The van der Waals surface area contributed by atoms with Crippen molar-refractivity contribution >= 4 is 23.3 Å². The van der Waals surface area contributed by atoms with Gasteiger partial charge < -0.3 is 24.4 Å². The summed E-state index contributed by atoms with van der Waals surface area (Å²) in [5, 5.41) is 3.61. The molecule has 5 aromatic carbocycles. The van der Waals surface area contributed by atoms with Crippen molar-refractivity contribution in [3.05, 3.63) is 144 Å². The predicted molar refractivity (Wildman–Crippen MR) is 171 cm³/mol. The first-order valence-electron chi connectivity index (χ1n) is 14.4. The Hall–Kier alpha value is -5.56. The van der Waals surface area contributed by atoms with Gasteiger partial charge in [0.25, 0.3) is 5.91 Å². The number of hydrogen-bond donors (Lipinski definition) is 1. The third-order valence-electron chi connectivity index (χ3n) is 7.79. The van der Waals surface area contributed by atoms with Crippen molar-refractivity contribution in [2.24, 2.45) is 0 Å². The van der Waals surface area contributed by atoms with Crippen molar-refractivity contribution in [3.8, 4) is 22.6 Å². The van der Waals surface area contributed by atoms with Crippen molar-refractivity contribution in [3.63, 3.8) is 0 Å². The number of esters is 1. The molecule has 1 atom stereocenters. The number of amides is 1. The molecule has 5 aromatic rings. The van der Waals surface area contributed by atoms with Crippen LogP contribution in [-0.4, -0.2) is 32.6 Å². The first kappa shape index (κ1) is 28.6. The maximum Gasteiger partial charge on any atom is 0.341 e. The van der Waals surface area contributed by atoms with Gasteiger partial charge in [0.15, 0.2) is 0 Å². The molecular formula is C37H32N2O5. The van der Waals surface area contributed by atoms with Crippen LogP contribution in [0.15, 0.2) is 121 Å². The topological polar surface area (TPSA) is 77.1 Å². The fourth-order valence-corrected chi connectivity index (χ4v) is 5.49. The number of carbonyl (C=O) groups excluding carboxylic acids is 2. The summed E-state index contributed by atoms with van der Waals surface area (Å²) in [4.78, 5) is 28.0. The molecule has 44 heavy (non-hydrogen) atoms. The zero-order valence-electron chi connectivity index (χ0n) is 24.7. The van der Waals surface area contributed by atoms with Crippen LogP contribution in [0.4, 0.5) is 11.4 Å². The van der Waals surface area contributed by atoms with Crippen molar-refractivity contribution in [1.82, 2.24) is 0 Å². The van der Waals surface area contributed by atoms with Crippen LogP contribution < -0.4 is 19.7 Å². The number of rotatable bonds is 9. The van der Waals surface area contributed by atoms with E-state index in [4.69, 9.17) is 14.2 Å². The molecule has 0 spiro atoms. The van der Waals surface area contributed by atoms with Crippen LogP contribution >= 0.6 is 0 Å². The van der Waals surface area contributed by atoms with E-state index in [1.807, 2.05) is 97.9 Å². The van der Waals surface area contributed by atoms with Crippen LogP contribution in [0.3, 0.4) is 0 Å². The van der Waals surface area contributed by atoms with Crippen LogP contribution in [0.2, 0.25) is 0 Å². The highest BCUT2D eigenvalue weighted by Gasteiger charge is 2.47. The molecule has 220 valence electrons. The van der Waals surface area contributed by atoms with Gasteiger partial charge in [0, 0.05) is 40.7 Å². The van der Waals surface area contributed by atoms with E-state index in [0.717, 1.165) is 22.6 Å². The van der Waals surface area contributed by atoms with Gasteiger partial charge in [-0.05, 0) is 73.2 Å². The molecular weight excluding hydrogens is 552 g/mol. The molecule has 1 heterocycles. The lowest BCUT2D eigenvalue weighted by molar-refractivity contribution is 0.0212. The standard InChI is InChI=1S/C37H32N2O5/c1-4-43-30-23-13-25(14-24-30)31-9-6-8-12-34(31)38-37(33-11-7-5-10-32(33)36(41)44-37)27-17-19-28(20-18-27)39(2)35(40)26-15-21-29(42-3)22-16-26/h5-24,38H,4H2,1-3H3. The number of nitrogens with one attached hydrogen (secondary N) is 1. The quantitative estimate of drug-likeness (QED) is 0.181. The van der Waals surface area contributed by atoms with E-state index in [1.54, 1.807) is 49.4 Å². The number of fused-ring (bicyclic) bond motifs is 1. The van der Waals surface area contributed by atoms with Gasteiger partial charge in [-0.15, -0.1) is 0 Å². The number of carbonyl (C=O) groups is 2. The van der Waals surface area contributed by atoms with E-state index in [9.17, 15) is 9.59 Å². The van der Waals surface area contributed by atoms with Gasteiger partial charge >= 0.3 is 5.97 Å². The number of nitrogens with zero attached hydrogens (tertiary/aromatic N) is 1. The number of ether oxygens (including phenoxy) is 3. The molecule has 6 rings (SSSR count). The predicted octanol–water partition coefficient (Wildman–Crippen LogP) is 7.52. The number of para-hydroxylation sites is 1. The molecule has 0 aliphatic carbocycles. The Kier molecular flexibility index (Phi) is 7.77. The molecule has 1 amide bonds. The van der Waals surface area contributed by atoms with Gasteiger partial charge in [0.1, 0.15) is 11.5 Å². The molecule has 1 N–H and O–H groups in total. The smallest absolute Gasteiger partial charge is 0.341 e. The molecule has 0 saturated carbocycles. The Morgan fingerprint density at radius 3 is 2.11 bits per heavy atom. The zero-order valence-corrected chi connectivity index (χ0v) is 24.7. The lowest BCUT2D eigenvalue weighted by Gasteiger charge is -2.33. The Bertz CT molecular complexity index is 1800. The summed E-state index contributed by atoms with van der Waals surface area (Å²) in [6.07, 6.45) is 0. The number of hydrogen-bond acceptors (Lipinski definition) is 6. The Balaban J connectivity index is 1.37. The Morgan fingerprint density at radius 1 is 0.795 bits per heavy atom. The number of cyclic esters (lactones) is 1. The highest BCUT2D eigenvalue weighted by molar-refractivity contribution is 6.05. The van der Waals surface area contributed by atoms with Crippen LogP contribution in [0.5, 0.6) is 11.5 Å². The highest BCUT2D eigenvalue weighted by Crippen LogP contribution is 2.44. The average Bonchev–Trinajstić information content (AvgIpc) is 3.36. The van der Waals surface area contributed by atoms with E-state index in [2.05, 4.69) is 5.32 Å². The maximum absolute atomic E-state index is 13.2. The highest BCUT2D eigenvalue weighted by atomic mass is 16.6. The third-order valence-corrected chi connectivity index (χ3v) is 7.79. The monoisotopic (exact) mass is 584 g/mol. The summed E-state index contributed by atoms with van der Waals surface area (Å²) in [6.45, 7) is 2.55. The Morgan fingerprint density at radius 2 is 1.43 bits per heavy atom. The second-order valence-electron chi connectivity index (χ2n) is 10.4. The normalized spacial score (nSPS) is 15.2. The molecule has 0 saturated heterocycles. The Labute approximate surface area is 256 Å². The second kappa shape index (κ2) is 12.0. The minimum absolute atomic E-state index is 0.157. The molecule has 0 bridgehead atoms. The van der Waals surface area contributed by atoms with Gasteiger partial charge in [0.05, 0.1) is 19.3 Å². The maximum atomic E-state index is 13.2. The first-order chi connectivity index (χ1) is 21.4. The second-order valence-corrected chi connectivity index (χ2v) is 10.4. The minimum atomic E-state index is -1.30. The molecule has 7 nitrogen and oxygen atoms in total. The lowest BCUT2D eigenvalue weighted by Crippen LogP contribution is -2.37. The van der Waals surface area contributed by atoms with E-state index in [0.29, 0.717) is 40.3 Å². The summed E-state index contributed by atoms with van der Waals surface area (Å²) in [7, 11) is 3.32. The number of anilines is 2. The van der Waals surface area contributed by atoms with Crippen molar-refractivity contribution in [1.29, 1.82) is 0 Å². The number of methoxy groups -OCH3 is 1. The SMILES string of the molecule is CCOc1ccc(-c2ccccc2NC2(c3ccc(N(C)C(=O)c4ccc(OC)cc4)cc3)OC(=O)c3ccccc32)cc1. The molecule has 1 aliphatic rings. The fourth-order valence-electron chi connectivity index (χ4n) is 5.49. The van der Waals surface area contributed by atoms with Gasteiger partial charge in [0.2, 0.25) is 5.72 Å². The van der Waals surface area contributed by atoms with Gasteiger partial charge in [-0.3, -0.25) is 4.79 Å². The molecule has 0 aromatic heterocycles. The fraction of sp³-hybridized carbons (Fsp3) is 0.135. The lowest BCUT2D eigenvalue weighted by atomic mass is 9.91. The third kappa shape index (κ3) is 5.24. The molecule has 7 heteroatoms. The number of benzene rings is 5. The summed E-state index contributed by atoms with van der Waals surface area (Å²) in [6, 6.07) is 37.7. The largest absolute Gasteiger partial charge is 0.497 e. The van der Waals surface area contributed by atoms with Crippen LogP contribution in [0.25, 0.3) is 11.1 Å². The van der Waals surface area contributed by atoms with Crippen molar-refractivity contribution < 1.29 is 23.8 Å². The van der Waals surface area contributed by atoms with E-state index in [1.165, 1.54) is 0 Å². The van der Waals surface area contributed by atoms with Crippen molar-refractivity contribution in [2.75, 3.05) is 31.0 Å². The van der Waals surface area contributed by atoms with Crippen LogP contribution in [0, 0.1) is 0 Å². The van der Waals surface area contributed by atoms with Gasteiger partial charge in [-0.25, -0.2) is 4.79 Å². The first-order valence-corrected chi connectivity index (χ1v) is 14.4. The van der Waals surface area contributed by atoms with Crippen molar-refractivity contribution in [2.45, 2.75) is 12.6 Å². The van der Waals surface area contributed by atoms with Crippen LogP contribution in [-0.2, 0) is 10.5 Å². The summed E-state index contributed by atoms with van der Waals surface area (Å²) in [5.41, 5.74) is 4.57. The van der Waals surface area contributed by atoms with Gasteiger partial charge in [-0.2, -0.15) is 0 Å². The van der Waals surface area contributed by atoms with E-state index in [-0.39, 0.29) is 5.91 Å². The molecule has 0 fully saturated rings. The minimum Gasteiger partial charge on any atom is -0.497 e. The van der Waals surface area contributed by atoms with E-state index >= 15 is 0 Å². The zero-order chi connectivity index (χ0) is 30.7. The summed E-state index contributed by atoms with van der Waals surface area (Å²) in [5.74, 6) is 0.909. The molecule has 0 radical (unpaired) electrons. The molecule has 1 unspecified atom stereocenters. The average molecular weight is 585 g/mol. The van der Waals surface area contributed by atoms with Crippen LogP contribution in [0.1, 0.15) is 38.8 Å². The summed E-state index contributed by atoms with van der Waals surface area (Å²) < 4.78 is 17.1.